The van der Waals surface area contributed by atoms with Crippen molar-refractivity contribution in [1.29, 1.82) is 0 Å². The maximum absolute atomic E-state index is 12.0. The highest BCUT2D eigenvalue weighted by Crippen LogP contribution is 2.25. The van der Waals surface area contributed by atoms with E-state index >= 15 is 0 Å². The van der Waals surface area contributed by atoms with Gasteiger partial charge in [-0.2, -0.15) is 0 Å². The molecule has 0 aliphatic rings. The van der Waals surface area contributed by atoms with Gasteiger partial charge in [-0.15, -0.1) is 0 Å². The molecule has 0 aliphatic carbocycles. The second kappa shape index (κ2) is 5.73. The standard InChI is InChI=1S/C14H19NO4/c1-14(2,3)13(18)15-11-8-10(19-4)6-5-9(11)7-12(16)17/h5-6,8H,7H2,1-4H3,(H,15,18)(H,16,17). The number of nitrogens with one attached hydrogen (secondary N) is 1. The third-order valence-electron chi connectivity index (χ3n) is 2.59. The van der Waals surface area contributed by atoms with Crippen LogP contribution in [0, 0.1) is 5.41 Å². The van der Waals surface area contributed by atoms with Crippen LogP contribution in [0.2, 0.25) is 0 Å². The van der Waals surface area contributed by atoms with Gasteiger partial charge in [-0.25, -0.2) is 0 Å². The molecule has 104 valence electrons. The molecule has 1 rings (SSSR count). The van der Waals surface area contributed by atoms with Crippen LogP contribution in [0.1, 0.15) is 26.3 Å². The Hall–Kier alpha value is -2.04. The topological polar surface area (TPSA) is 75.6 Å². The predicted molar refractivity (Wildman–Crippen MR) is 72.4 cm³/mol. The summed E-state index contributed by atoms with van der Waals surface area (Å²) >= 11 is 0. The number of ether oxygens (including phenoxy) is 1. The number of aliphatic carboxylic acids is 1. The molecule has 0 aliphatic heterocycles. The summed E-state index contributed by atoms with van der Waals surface area (Å²) in [6, 6.07) is 4.94. The molecule has 0 radical (unpaired) electrons. The van der Waals surface area contributed by atoms with Crippen molar-refractivity contribution in [3.05, 3.63) is 23.8 Å². The van der Waals surface area contributed by atoms with Crippen LogP contribution >= 0.6 is 0 Å². The first kappa shape index (κ1) is 15.0. The fourth-order valence-electron chi connectivity index (χ4n) is 1.43. The predicted octanol–water partition coefficient (Wildman–Crippen LogP) is 2.31. The monoisotopic (exact) mass is 265 g/mol. The highest BCUT2D eigenvalue weighted by atomic mass is 16.5. The minimum absolute atomic E-state index is 0.149. The molecule has 1 aromatic carbocycles. The van der Waals surface area contributed by atoms with Crippen molar-refractivity contribution < 1.29 is 19.4 Å². The largest absolute Gasteiger partial charge is 0.497 e. The number of benzene rings is 1. The molecular formula is C14H19NO4. The van der Waals surface area contributed by atoms with Gasteiger partial charge in [-0.1, -0.05) is 26.8 Å². The summed E-state index contributed by atoms with van der Waals surface area (Å²) in [7, 11) is 1.52. The average molecular weight is 265 g/mol. The zero-order chi connectivity index (χ0) is 14.6. The van der Waals surface area contributed by atoms with Gasteiger partial charge >= 0.3 is 5.97 Å². The van der Waals surface area contributed by atoms with Gasteiger partial charge < -0.3 is 15.2 Å². The minimum atomic E-state index is -0.948. The number of carbonyl (C=O) groups excluding carboxylic acids is 1. The molecule has 1 amide bonds. The molecular weight excluding hydrogens is 246 g/mol. The first-order valence-electron chi connectivity index (χ1n) is 5.94. The normalized spacial score (nSPS) is 10.9. The zero-order valence-electron chi connectivity index (χ0n) is 11.6. The van der Waals surface area contributed by atoms with E-state index in [1.54, 1.807) is 39.0 Å². The molecule has 0 unspecified atom stereocenters. The van der Waals surface area contributed by atoms with Crippen molar-refractivity contribution >= 4 is 17.6 Å². The molecule has 5 heteroatoms. The van der Waals surface area contributed by atoms with Crippen LogP contribution in [0.3, 0.4) is 0 Å². The lowest BCUT2D eigenvalue weighted by Crippen LogP contribution is -2.28. The van der Waals surface area contributed by atoms with Gasteiger partial charge in [0.2, 0.25) is 5.91 Å². The highest BCUT2D eigenvalue weighted by molar-refractivity contribution is 5.95. The average Bonchev–Trinajstić information content (AvgIpc) is 2.29. The Kier molecular flexibility index (Phi) is 4.53. The van der Waals surface area contributed by atoms with Crippen LogP contribution in [-0.2, 0) is 16.0 Å². The van der Waals surface area contributed by atoms with Crippen molar-refractivity contribution in [2.75, 3.05) is 12.4 Å². The number of carboxylic acids is 1. The van der Waals surface area contributed by atoms with E-state index in [2.05, 4.69) is 5.32 Å². The molecule has 1 aromatic rings. The Balaban J connectivity index is 3.07. The Morgan fingerprint density at radius 3 is 2.42 bits per heavy atom. The molecule has 0 heterocycles. The van der Waals surface area contributed by atoms with E-state index in [4.69, 9.17) is 9.84 Å². The van der Waals surface area contributed by atoms with E-state index in [0.717, 1.165) is 0 Å². The van der Waals surface area contributed by atoms with Crippen molar-refractivity contribution in [3.63, 3.8) is 0 Å². The minimum Gasteiger partial charge on any atom is -0.497 e. The lowest BCUT2D eigenvalue weighted by molar-refractivity contribution is -0.136. The third kappa shape index (κ3) is 4.28. The van der Waals surface area contributed by atoms with E-state index < -0.39 is 11.4 Å². The number of rotatable bonds is 4. The van der Waals surface area contributed by atoms with Crippen LogP contribution < -0.4 is 10.1 Å². The molecule has 0 saturated heterocycles. The van der Waals surface area contributed by atoms with Gasteiger partial charge in [0.05, 0.1) is 13.5 Å². The van der Waals surface area contributed by atoms with Crippen LogP contribution in [0.15, 0.2) is 18.2 Å². The maximum Gasteiger partial charge on any atom is 0.307 e. The molecule has 0 saturated carbocycles. The molecule has 0 aromatic heterocycles. The highest BCUT2D eigenvalue weighted by Gasteiger charge is 2.22. The number of anilines is 1. The van der Waals surface area contributed by atoms with Gasteiger partial charge in [0.15, 0.2) is 0 Å². The first-order chi connectivity index (χ1) is 8.74. The van der Waals surface area contributed by atoms with Crippen molar-refractivity contribution in [3.8, 4) is 5.75 Å². The van der Waals surface area contributed by atoms with E-state index in [1.165, 1.54) is 7.11 Å². The summed E-state index contributed by atoms with van der Waals surface area (Å²) in [4.78, 5) is 22.8. The molecule has 2 N–H and O–H groups in total. The fourth-order valence-corrected chi connectivity index (χ4v) is 1.43. The Morgan fingerprint density at radius 1 is 1.32 bits per heavy atom. The quantitative estimate of drug-likeness (QED) is 0.876. The summed E-state index contributed by atoms with van der Waals surface area (Å²) < 4.78 is 5.08. The van der Waals surface area contributed by atoms with Crippen LogP contribution in [0.5, 0.6) is 5.75 Å². The lowest BCUT2D eigenvalue weighted by atomic mass is 9.95. The SMILES string of the molecule is COc1ccc(CC(=O)O)c(NC(=O)C(C)(C)C)c1. The molecule has 0 spiro atoms. The van der Waals surface area contributed by atoms with E-state index in [0.29, 0.717) is 17.0 Å². The van der Waals surface area contributed by atoms with E-state index in [9.17, 15) is 9.59 Å². The third-order valence-corrected chi connectivity index (χ3v) is 2.59. The Morgan fingerprint density at radius 2 is 1.95 bits per heavy atom. The van der Waals surface area contributed by atoms with Gasteiger partial charge in [0.25, 0.3) is 0 Å². The van der Waals surface area contributed by atoms with Gasteiger partial charge in [-0.3, -0.25) is 9.59 Å². The Bertz CT molecular complexity index is 489. The Labute approximate surface area is 112 Å². The number of hydrogen-bond donors (Lipinski definition) is 2. The van der Waals surface area contributed by atoms with E-state index in [-0.39, 0.29) is 12.3 Å². The van der Waals surface area contributed by atoms with Crippen LogP contribution in [0.4, 0.5) is 5.69 Å². The molecule has 0 bridgehead atoms. The number of carboxylic acid groups (broad SMARTS) is 1. The molecule has 0 fully saturated rings. The van der Waals surface area contributed by atoms with Gasteiger partial charge in [0.1, 0.15) is 5.75 Å². The zero-order valence-corrected chi connectivity index (χ0v) is 11.6. The molecule has 0 atom stereocenters. The molecule has 5 nitrogen and oxygen atoms in total. The van der Waals surface area contributed by atoms with Crippen molar-refractivity contribution in [2.45, 2.75) is 27.2 Å². The first-order valence-corrected chi connectivity index (χ1v) is 5.94. The summed E-state index contributed by atoms with van der Waals surface area (Å²) in [5, 5.41) is 11.6. The molecule has 19 heavy (non-hydrogen) atoms. The lowest BCUT2D eigenvalue weighted by Gasteiger charge is -2.19. The number of methoxy groups -OCH3 is 1. The summed E-state index contributed by atoms with van der Waals surface area (Å²) in [5.74, 6) is -0.554. The van der Waals surface area contributed by atoms with Crippen LogP contribution in [0.25, 0.3) is 0 Å². The maximum atomic E-state index is 12.0. The number of hydrogen-bond acceptors (Lipinski definition) is 3. The fraction of sp³-hybridized carbons (Fsp3) is 0.429. The number of amides is 1. The van der Waals surface area contributed by atoms with E-state index in [1.807, 2.05) is 0 Å². The smallest absolute Gasteiger partial charge is 0.307 e. The van der Waals surface area contributed by atoms with Gasteiger partial charge in [0, 0.05) is 17.2 Å². The van der Waals surface area contributed by atoms with Crippen LogP contribution in [-0.4, -0.2) is 24.1 Å². The summed E-state index contributed by atoms with van der Waals surface area (Å²) in [6.45, 7) is 5.37. The summed E-state index contributed by atoms with van der Waals surface area (Å²) in [5.41, 5.74) is 0.469. The van der Waals surface area contributed by atoms with Gasteiger partial charge in [-0.05, 0) is 11.6 Å². The second-order valence-corrected chi connectivity index (χ2v) is 5.30. The van der Waals surface area contributed by atoms with Crippen molar-refractivity contribution in [1.82, 2.24) is 0 Å². The summed E-state index contributed by atoms with van der Waals surface area (Å²) in [6.07, 6.45) is -0.149. The van der Waals surface area contributed by atoms with Crippen molar-refractivity contribution in [2.24, 2.45) is 5.41 Å². The number of carbonyl (C=O) groups is 2. The second-order valence-electron chi connectivity index (χ2n) is 5.30.